The van der Waals surface area contributed by atoms with Gasteiger partial charge in [0.15, 0.2) is 5.78 Å². The third kappa shape index (κ3) is 1.66. The third-order valence-corrected chi connectivity index (χ3v) is 1.78. The van der Waals surface area contributed by atoms with E-state index in [4.69, 9.17) is 0 Å². The van der Waals surface area contributed by atoms with E-state index in [9.17, 15) is 4.79 Å². The maximum absolute atomic E-state index is 11.5. The fourth-order valence-corrected chi connectivity index (χ4v) is 1.13. The number of carbonyl (C=O) groups excluding carboxylic acids is 1. The van der Waals surface area contributed by atoms with Crippen LogP contribution in [0.1, 0.15) is 10.4 Å². The second-order valence-electron chi connectivity index (χ2n) is 2.73. The molecule has 1 N–H and O–H groups in total. The van der Waals surface area contributed by atoms with Gasteiger partial charge < -0.3 is 4.98 Å². The van der Waals surface area contributed by atoms with Gasteiger partial charge in [-0.2, -0.15) is 5.10 Å². The molecule has 0 radical (unpaired) electrons. The van der Waals surface area contributed by atoms with Crippen molar-refractivity contribution in [3.63, 3.8) is 0 Å². The summed E-state index contributed by atoms with van der Waals surface area (Å²) in [4.78, 5) is 14.3. The Hall–Kier alpha value is -1.84. The summed E-state index contributed by atoms with van der Waals surface area (Å²) in [6, 6.07) is 3.55. The Morgan fingerprint density at radius 3 is 3.15 bits per heavy atom. The van der Waals surface area contributed by atoms with Crippen molar-refractivity contribution < 1.29 is 4.79 Å². The molecule has 0 saturated heterocycles. The van der Waals surface area contributed by atoms with Crippen LogP contribution in [0.15, 0.2) is 36.9 Å². The first-order valence-electron chi connectivity index (χ1n) is 4.00. The highest BCUT2D eigenvalue weighted by atomic mass is 16.1. The Morgan fingerprint density at radius 2 is 2.54 bits per heavy atom. The Balaban J connectivity index is 2.08. The minimum atomic E-state index is 0.0601. The molecule has 66 valence electrons. The quantitative estimate of drug-likeness (QED) is 0.710. The zero-order valence-corrected chi connectivity index (χ0v) is 6.97. The van der Waals surface area contributed by atoms with Gasteiger partial charge in [0.1, 0.15) is 6.54 Å². The van der Waals surface area contributed by atoms with Crippen molar-refractivity contribution in [2.24, 2.45) is 0 Å². The van der Waals surface area contributed by atoms with Gasteiger partial charge in [0.2, 0.25) is 0 Å². The lowest BCUT2D eigenvalue weighted by Crippen LogP contribution is -2.09. The van der Waals surface area contributed by atoms with Crippen molar-refractivity contribution >= 4 is 5.78 Å². The molecule has 0 aliphatic carbocycles. The van der Waals surface area contributed by atoms with E-state index >= 15 is 0 Å². The number of rotatable bonds is 3. The van der Waals surface area contributed by atoms with Crippen LogP contribution in [-0.4, -0.2) is 20.5 Å². The lowest BCUT2D eigenvalue weighted by molar-refractivity contribution is 0.0968. The number of carbonyl (C=O) groups is 1. The summed E-state index contributed by atoms with van der Waals surface area (Å²) in [5.41, 5.74) is 0.690. The van der Waals surface area contributed by atoms with Crippen LogP contribution in [-0.2, 0) is 6.54 Å². The molecule has 2 aromatic rings. The Kier molecular flexibility index (Phi) is 1.96. The van der Waals surface area contributed by atoms with Crippen LogP contribution >= 0.6 is 0 Å². The average Bonchev–Trinajstić information content (AvgIpc) is 2.74. The normalized spacial score (nSPS) is 10.2. The highest BCUT2D eigenvalue weighted by Gasteiger charge is 2.05. The predicted molar refractivity (Wildman–Crippen MR) is 47.4 cm³/mol. The number of hydrogen-bond acceptors (Lipinski definition) is 2. The van der Waals surface area contributed by atoms with Crippen molar-refractivity contribution in [2.45, 2.75) is 6.54 Å². The smallest absolute Gasteiger partial charge is 0.185 e. The summed E-state index contributed by atoms with van der Waals surface area (Å²) in [5, 5.41) is 3.95. The van der Waals surface area contributed by atoms with Crippen LogP contribution in [0.25, 0.3) is 0 Å². The summed E-state index contributed by atoms with van der Waals surface area (Å²) in [7, 11) is 0. The van der Waals surface area contributed by atoms with E-state index in [0.29, 0.717) is 12.1 Å². The van der Waals surface area contributed by atoms with E-state index in [1.54, 1.807) is 41.6 Å². The molecule has 0 aromatic carbocycles. The summed E-state index contributed by atoms with van der Waals surface area (Å²) >= 11 is 0. The number of hydrogen-bond donors (Lipinski definition) is 1. The van der Waals surface area contributed by atoms with Gasteiger partial charge in [-0.25, -0.2) is 0 Å². The molecule has 0 atom stereocenters. The number of aromatic nitrogens is 3. The second-order valence-corrected chi connectivity index (χ2v) is 2.73. The third-order valence-electron chi connectivity index (χ3n) is 1.78. The van der Waals surface area contributed by atoms with Gasteiger partial charge in [-0.05, 0) is 12.1 Å². The van der Waals surface area contributed by atoms with Crippen LogP contribution in [0.5, 0.6) is 0 Å². The number of nitrogens with one attached hydrogen (secondary N) is 1. The maximum Gasteiger partial charge on any atom is 0.185 e. The molecule has 0 bridgehead atoms. The molecule has 0 spiro atoms. The number of H-pyrrole nitrogens is 1. The molecule has 0 aliphatic rings. The maximum atomic E-state index is 11.5. The Labute approximate surface area is 75.2 Å². The van der Waals surface area contributed by atoms with Crippen molar-refractivity contribution in [2.75, 3.05) is 0 Å². The zero-order valence-electron chi connectivity index (χ0n) is 6.97. The summed E-state index contributed by atoms with van der Waals surface area (Å²) in [6.07, 6.45) is 6.84. The molecular weight excluding hydrogens is 166 g/mol. The van der Waals surface area contributed by atoms with E-state index in [1.165, 1.54) is 0 Å². The highest BCUT2D eigenvalue weighted by Crippen LogP contribution is 1.99. The van der Waals surface area contributed by atoms with E-state index in [-0.39, 0.29) is 5.78 Å². The van der Waals surface area contributed by atoms with Crippen molar-refractivity contribution in [1.82, 2.24) is 14.8 Å². The molecule has 0 aliphatic heterocycles. The molecule has 0 unspecified atom stereocenters. The Morgan fingerprint density at radius 1 is 1.62 bits per heavy atom. The first-order valence-corrected chi connectivity index (χ1v) is 4.00. The van der Waals surface area contributed by atoms with E-state index < -0.39 is 0 Å². The van der Waals surface area contributed by atoms with Gasteiger partial charge in [0, 0.05) is 30.4 Å². The molecule has 0 amide bonds. The first kappa shape index (κ1) is 7.79. The summed E-state index contributed by atoms with van der Waals surface area (Å²) in [6.45, 7) is 0.296. The largest absolute Gasteiger partial charge is 0.367 e. The Bertz CT molecular complexity index is 375. The molecular formula is C9H9N3O. The lowest BCUT2D eigenvalue weighted by atomic mass is 10.2. The van der Waals surface area contributed by atoms with Crippen LogP contribution in [0.3, 0.4) is 0 Å². The van der Waals surface area contributed by atoms with Crippen LogP contribution in [0, 0.1) is 0 Å². The first-order chi connectivity index (χ1) is 6.36. The van der Waals surface area contributed by atoms with Gasteiger partial charge in [-0.1, -0.05) is 0 Å². The van der Waals surface area contributed by atoms with E-state index in [1.807, 2.05) is 0 Å². The van der Waals surface area contributed by atoms with Crippen LogP contribution in [0.2, 0.25) is 0 Å². The summed E-state index contributed by atoms with van der Waals surface area (Å²) < 4.78 is 1.61. The highest BCUT2D eigenvalue weighted by molar-refractivity contribution is 5.95. The topological polar surface area (TPSA) is 50.7 Å². The van der Waals surface area contributed by atoms with Crippen molar-refractivity contribution in [3.8, 4) is 0 Å². The van der Waals surface area contributed by atoms with Crippen molar-refractivity contribution in [3.05, 3.63) is 42.5 Å². The second kappa shape index (κ2) is 3.26. The zero-order chi connectivity index (χ0) is 9.10. The van der Waals surface area contributed by atoms with Crippen molar-refractivity contribution in [1.29, 1.82) is 0 Å². The number of Topliss-reactive ketones (excluding diaryl/α,β-unsaturated/α-hetero) is 1. The molecule has 13 heavy (non-hydrogen) atoms. The monoisotopic (exact) mass is 175 g/mol. The van der Waals surface area contributed by atoms with Gasteiger partial charge in [0.05, 0.1) is 0 Å². The average molecular weight is 175 g/mol. The molecule has 4 nitrogen and oxygen atoms in total. The van der Waals surface area contributed by atoms with Crippen LogP contribution < -0.4 is 0 Å². The molecule has 0 fully saturated rings. The SMILES string of the molecule is O=C(Cn1cccn1)c1cc[nH]c1. The van der Waals surface area contributed by atoms with Gasteiger partial charge >= 0.3 is 0 Å². The fraction of sp³-hybridized carbons (Fsp3) is 0.111. The molecule has 2 aromatic heterocycles. The summed E-state index contributed by atoms with van der Waals surface area (Å²) in [5.74, 6) is 0.0601. The lowest BCUT2D eigenvalue weighted by Gasteiger charge is -1.97. The van der Waals surface area contributed by atoms with Gasteiger partial charge in [0.25, 0.3) is 0 Å². The van der Waals surface area contributed by atoms with Gasteiger partial charge in [-0.15, -0.1) is 0 Å². The minimum absolute atomic E-state index is 0.0601. The number of ketones is 1. The molecule has 4 heteroatoms. The van der Waals surface area contributed by atoms with E-state index in [0.717, 1.165) is 0 Å². The molecule has 0 saturated carbocycles. The molecule has 2 rings (SSSR count). The minimum Gasteiger partial charge on any atom is -0.367 e. The molecule has 2 heterocycles. The predicted octanol–water partition coefficient (Wildman–Crippen LogP) is 1.09. The van der Waals surface area contributed by atoms with Gasteiger partial charge in [-0.3, -0.25) is 9.48 Å². The number of nitrogens with zero attached hydrogens (tertiary/aromatic N) is 2. The number of aromatic amines is 1. The van der Waals surface area contributed by atoms with Crippen LogP contribution in [0.4, 0.5) is 0 Å². The van der Waals surface area contributed by atoms with E-state index in [2.05, 4.69) is 10.1 Å². The standard InChI is InChI=1S/C9H9N3O/c13-9(8-2-4-10-6-8)7-12-5-1-3-11-12/h1-6,10H,7H2. The fourth-order valence-electron chi connectivity index (χ4n) is 1.13.